The van der Waals surface area contributed by atoms with Gasteiger partial charge in [-0.05, 0) is 23.4 Å². The highest BCUT2D eigenvalue weighted by Crippen LogP contribution is 2.17. The first-order valence-electron chi connectivity index (χ1n) is 3.59. The zero-order valence-electron chi connectivity index (χ0n) is 6.46. The smallest absolute Gasteiger partial charge is 0.186 e. The van der Waals surface area contributed by atoms with Gasteiger partial charge in [-0.3, -0.25) is 4.79 Å². The minimum absolute atomic E-state index is 0.0526. The SMILES string of the molecule is CCc1ccsc1C(=O)CN. The van der Waals surface area contributed by atoms with E-state index in [1.54, 1.807) is 0 Å². The molecule has 0 bridgehead atoms. The fraction of sp³-hybridized carbons (Fsp3) is 0.375. The maximum absolute atomic E-state index is 11.1. The van der Waals surface area contributed by atoms with Gasteiger partial charge in [0.25, 0.3) is 0 Å². The lowest BCUT2D eigenvalue weighted by molar-refractivity contribution is 0.100. The fourth-order valence-electron chi connectivity index (χ4n) is 0.951. The molecule has 3 heteroatoms. The molecule has 0 amide bonds. The van der Waals surface area contributed by atoms with E-state index >= 15 is 0 Å². The maximum atomic E-state index is 11.1. The molecule has 0 atom stereocenters. The van der Waals surface area contributed by atoms with E-state index in [1.807, 2.05) is 18.4 Å². The molecular weight excluding hydrogens is 158 g/mol. The molecule has 0 aromatic carbocycles. The van der Waals surface area contributed by atoms with E-state index in [1.165, 1.54) is 11.3 Å². The van der Waals surface area contributed by atoms with Crippen molar-refractivity contribution >= 4 is 17.1 Å². The molecule has 0 aliphatic heterocycles. The van der Waals surface area contributed by atoms with Crippen molar-refractivity contribution in [1.82, 2.24) is 0 Å². The van der Waals surface area contributed by atoms with E-state index in [-0.39, 0.29) is 12.3 Å². The van der Waals surface area contributed by atoms with Gasteiger partial charge in [-0.25, -0.2) is 0 Å². The Hall–Kier alpha value is -0.670. The Labute approximate surface area is 70.0 Å². The normalized spacial score (nSPS) is 10.0. The van der Waals surface area contributed by atoms with Gasteiger partial charge in [-0.15, -0.1) is 11.3 Å². The van der Waals surface area contributed by atoms with Crippen LogP contribution in [0.15, 0.2) is 11.4 Å². The minimum atomic E-state index is 0.0526. The zero-order chi connectivity index (χ0) is 8.27. The summed E-state index contributed by atoms with van der Waals surface area (Å²) in [4.78, 5) is 12.0. The number of rotatable bonds is 3. The van der Waals surface area contributed by atoms with Gasteiger partial charge in [0.1, 0.15) is 0 Å². The highest BCUT2D eigenvalue weighted by Gasteiger charge is 2.08. The van der Waals surface area contributed by atoms with Gasteiger partial charge >= 0.3 is 0 Å². The Bertz CT molecular complexity index is 254. The average Bonchev–Trinajstić information content (AvgIpc) is 2.50. The lowest BCUT2D eigenvalue weighted by Crippen LogP contribution is -2.13. The molecule has 0 radical (unpaired) electrons. The maximum Gasteiger partial charge on any atom is 0.186 e. The lowest BCUT2D eigenvalue weighted by Gasteiger charge is -1.95. The molecule has 1 rings (SSSR count). The van der Waals surface area contributed by atoms with Crippen LogP contribution in [0.5, 0.6) is 0 Å². The van der Waals surface area contributed by atoms with Crippen LogP contribution < -0.4 is 5.73 Å². The summed E-state index contributed by atoms with van der Waals surface area (Å²) in [7, 11) is 0. The molecule has 1 aromatic rings. The summed E-state index contributed by atoms with van der Waals surface area (Å²) in [5.74, 6) is 0.0526. The highest BCUT2D eigenvalue weighted by molar-refractivity contribution is 7.12. The molecule has 1 heterocycles. The number of Topliss-reactive ketones (excluding diaryl/α,β-unsaturated/α-hetero) is 1. The molecule has 60 valence electrons. The van der Waals surface area contributed by atoms with Crippen LogP contribution in [0.2, 0.25) is 0 Å². The van der Waals surface area contributed by atoms with Gasteiger partial charge in [0, 0.05) is 0 Å². The fourth-order valence-corrected chi connectivity index (χ4v) is 1.90. The summed E-state index contributed by atoms with van der Waals surface area (Å²) >= 11 is 1.48. The zero-order valence-corrected chi connectivity index (χ0v) is 7.28. The van der Waals surface area contributed by atoms with Crippen LogP contribution in [0.3, 0.4) is 0 Å². The summed E-state index contributed by atoms with van der Waals surface area (Å²) in [5.41, 5.74) is 6.36. The molecule has 2 N–H and O–H groups in total. The van der Waals surface area contributed by atoms with Gasteiger partial charge in [0.15, 0.2) is 5.78 Å². The van der Waals surface area contributed by atoms with Crippen LogP contribution >= 0.6 is 11.3 Å². The number of carbonyl (C=O) groups is 1. The van der Waals surface area contributed by atoms with Crippen molar-refractivity contribution in [2.24, 2.45) is 5.73 Å². The molecule has 0 unspecified atom stereocenters. The van der Waals surface area contributed by atoms with E-state index in [0.29, 0.717) is 0 Å². The predicted molar refractivity (Wildman–Crippen MR) is 47.1 cm³/mol. The quantitative estimate of drug-likeness (QED) is 0.696. The Kier molecular flexibility index (Phi) is 2.79. The van der Waals surface area contributed by atoms with Gasteiger partial charge in [-0.2, -0.15) is 0 Å². The highest BCUT2D eigenvalue weighted by atomic mass is 32.1. The number of ketones is 1. The summed E-state index contributed by atoms with van der Waals surface area (Å²) in [6.07, 6.45) is 0.907. The van der Waals surface area contributed by atoms with Crippen LogP contribution in [0.1, 0.15) is 22.2 Å². The molecule has 0 saturated heterocycles. The van der Waals surface area contributed by atoms with Crippen molar-refractivity contribution in [1.29, 1.82) is 0 Å². The van der Waals surface area contributed by atoms with Crippen molar-refractivity contribution in [3.05, 3.63) is 21.9 Å². The molecule has 0 spiro atoms. The lowest BCUT2D eigenvalue weighted by atomic mass is 10.1. The topological polar surface area (TPSA) is 43.1 Å². The molecule has 2 nitrogen and oxygen atoms in total. The number of hydrogen-bond acceptors (Lipinski definition) is 3. The third-order valence-corrected chi connectivity index (χ3v) is 2.56. The monoisotopic (exact) mass is 169 g/mol. The van der Waals surface area contributed by atoms with Crippen molar-refractivity contribution in [3.63, 3.8) is 0 Å². The average molecular weight is 169 g/mol. The van der Waals surface area contributed by atoms with Crippen LogP contribution in [0.4, 0.5) is 0 Å². The Morgan fingerprint density at radius 3 is 3.00 bits per heavy atom. The van der Waals surface area contributed by atoms with Crippen LogP contribution in [-0.2, 0) is 6.42 Å². The van der Waals surface area contributed by atoms with Crippen molar-refractivity contribution in [2.75, 3.05) is 6.54 Å². The number of aryl methyl sites for hydroxylation is 1. The molecular formula is C8H11NOS. The largest absolute Gasteiger partial charge is 0.324 e. The second-order valence-corrected chi connectivity index (χ2v) is 3.17. The summed E-state index contributed by atoms with van der Waals surface area (Å²) in [6.45, 7) is 2.16. The van der Waals surface area contributed by atoms with Gasteiger partial charge in [0.2, 0.25) is 0 Å². The first-order valence-corrected chi connectivity index (χ1v) is 4.47. The number of hydrogen-bond donors (Lipinski definition) is 1. The van der Waals surface area contributed by atoms with Gasteiger partial charge in [-0.1, -0.05) is 6.92 Å². The molecule has 0 fully saturated rings. The predicted octanol–water partition coefficient (Wildman–Crippen LogP) is 1.45. The molecule has 0 aliphatic carbocycles. The van der Waals surface area contributed by atoms with Crippen molar-refractivity contribution in [3.8, 4) is 0 Å². The van der Waals surface area contributed by atoms with E-state index in [9.17, 15) is 4.79 Å². The molecule has 1 aromatic heterocycles. The molecule has 11 heavy (non-hydrogen) atoms. The second-order valence-electron chi connectivity index (χ2n) is 2.26. The number of carbonyl (C=O) groups excluding carboxylic acids is 1. The molecule has 0 saturated carbocycles. The Balaban J connectivity index is 2.92. The Morgan fingerprint density at radius 2 is 2.45 bits per heavy atom. The third-order valence-electron chi connectivity index (χ3n) is 1.57. The van der Waals surface area contributed by atoms with E-state index in [4.69, 9.17) is 5.73 Å². The summed E-state index contributed by atoms with van der Waals surface area (Å²) in [5, 5.41) is 1.93. The van der Waals surface area contributed by atoms with Gasteiger partial charge in [0.05, 0.1) is 11.4 Å². The van der Waals surface area contributed by atoms with Crippen molar-refractivity contribution in [2.45, 2.75) is 13.3 Å². The van der Waals surface area contributed by atoms with Crippen LogP contribution in [0, 0.1) is 0 Å². The van der Waals surface area contributed by atoms with Crippen LogP contribution in [-0.4, -0.2) is 12.3 Å². The van der Waals surface area contributed by atoms with Crippen molar-refractivity contribution < 1.29 is 4.79 Å². The number of thiophene rings is 1. The first kappa shape index (κ1) is 8.43. The Morgan fingerprint density at radius 1 is 1.73 bits per heavy atom. The number of nitrogens with two attached hydrogens (primary N) is 1. The standard InChI is InChI=1S/C8H11NOS/c1-2-6-3-4-11-8(6)7(10)5-9/h3-4H,2,5,9H2,1H3. The first-order chi connectivity index (χ1) is 5.29. The minimum Gasteiger partial charge on any atom is -0.324 e. The second kappa shape index (κ2) is 3.64. The summed E-state index contributed by atoms with van der Waals surface area (Å²) in [6, 6.07) is 1.98. The van der Waals surface area contributed by atoms with E-state index in [0.717, 1.165) is 16.9 Å². The molecule has 0 aliphatic rings. The van der Waals surface area contributed by atoms with Crippen LogP contribution in [0.25, 0.3) is 0 Å². The summed E-state index contributed by atoms with van der Waals surface area (Å²) < 4.78 is 0. The third kappa shape index (κ3) is 1.67. The van der Waals surface area contributed by atoms with E-state index in [2.05, 4.69) is 0 Å². The van der Waals surface area contributed by atoms with E-state index < -0.39 is 0 Å². The van der Waals surface area contributed by atoms with Gasteiger partial charge < -0.3 is 5.73 Å².